The summed E-state index contributed by atoms with van der Waals surface area (Å²) >= 11 is 0.889. The maximum absolute atomic E-state index is 10.3. The quantitative estimate of drug-likeness (QED) is 0.363. The van der Waals surface area contributed by atoms with Gasteiger partial charge in [-0.3, -0.25) is 4.18 Å². The molecule has 0 atom stereocenters. The molecule has 1 heterocycles. The molecule has 1 rings (SSSR count). The molecule has 0 N–H and O–H groups in total. The van der Waals surface area contributed by atoms with Gasteiger partial charge in [-0.15, -0.1) is 0 Å². The molecule has 0 bridgehead atoms. The smallest absolute Gasteiger partial charge is 0.281 e. The average molecular weight is 156 g/mol. The number of hydrogen-bond acceptors (Lipinski definition) is 5. The van der Waals surface area contributed by atoms with E-state index in [0.717, 1.165) is 12.0 Å². The SMILES string of the molecule is O=S1(=O)CSOCO1. The molecule has 0 amide bonds. The second kappa shape index (κ2) is 2.22. The molecule has 1 aliphatic rings. The highest BCUT2D eigenvalue weighted by molar-refractivity contribution is 8.08. The van der Waals surface area contributed by atoms with Crippen LogP contribution in [0.3, 0.4) is 0 Å². The zero-order chi connectivity index (χ0) is 6.04. The molecule has 0 aromatic heterocycles. The first-order valence-electron chi connectivity index (χ1n) is 1.82. The van der Waals surface area contributed by atoms with Gasteiger partial charge >= 0.3 is 0 Å². The van der Waals surface area contributed by atoms with Crippen molar-refractivity contribution in [1.82, 2.24) is 0 Å². The van der Waals surface area contributed by atoms with Gasteiger partial charge in [-0.2, -0.15) is 8.42 Å². The van der Waals surface area contributed by atoms with Gasteiger partial charge in [-0.1, -0.05) is 0 Å². The van der Waals surface area contributed by atoms with E-state index in [9.17, 15) is 8.42 Å². The minimum Gasteiger partial charge on any atom is -0.285 e. The first-order valence-corrected chi connectivity index (χ1v) is 4.31. The van der Waals surface area contributed by atoms with Crippen LogP contribution in [-0.4, -0.2) is 20.3 Å². The molecule has 0 saturated carbocycles. The first-order chi connectivity index (χ1) is 3.71. The van der Waals surface area contributed by atoms with Crippen molar-refractivity contribution in [3.8, 4) is 0 Å². The lowest BCUT2D eigenvalue weighted by atomic mass is 11.6. The van der Waals surface area contributed by atoms with E-state index >= 15 is 0 Å². The zero-order valence-electron chi connectivity index (χ0n) is 3.86. The van der Waals surface area contributed by atoms with Gasteiger partial charge in [-0.25, -0.2) is 4.18 Å². The Kier molecular flexibility index (Phi) is 1.76. The first kappa shape index (κ1) is 6.34. The van der Waals surface area contributed by atoms with Crippen molar-refractivity contribution < 1.29 is 16.8 Å². The van der Waals surface area contributed by atoms with Crippen molar-refractivity contribution in [2.75, 3.05) is 11.9 Å². The van der Waals surface area contributed by atoms with Crippen molar-refractivity contribution in [3.05, 3.63) is 0 Å². The highest BCUT2D eigenvalue weighted by atomic mass is 32.3. The summed E-state index contributed by atoms with van der Waals surface area (Å²) in [5, 5.41) is -0.104. The van der Waals surface area contributed by atoms with Crippen LogP contribution in [0, 0.1) is 0 Å². The van der Waals surface area contributed by atoms with Crippen LogP contribution in [0.1, 0.15) is 0 Å². The van der Waals surface area contributed by atoms with Gasteiger partial charge < -0.3 is 0 Å². The third-order valence-electron chi connectivity index (χ3n) is 0.552. The summed E-state index contributed by atoms with van der Waals surface area (Å²) in [5.74, 6) is 0. The van der Waals surface area contributed by atoms with E-state index in [1.54, 1.807) is 0 Å². The van der Waals surface area contributed by atoms with Crippen molar-refractivity contribution in [3.63, 3.8) is 0 Å². The molecule has 1 fully saturated rings. The molecule has 0 spiro atoms. The predicted octanol–water partition coefficient (Wildman–Crippen LogP) is -0.0738. The van der Waals surface area contributed by atoms with E-state index in [0.29, 0.717) is 0 Å². The van der Waals surface area contributed by atoms with Crippen LogP contribution in [0.4, 0.5) is 0 Å². The molecule has 0 aromatic rings. The van der Waals surface area contributed by atoms with E-state index in [1.807, 2.05) is 0 Å². The van der Waals surface area contributed by atoms with E-state index < -0.39 is 10.1 Å². The second-order valence-corrected chi connectivity index (χ2v) is 3.91. The number of hydrogen-bond donors (Lipinski definition) is 0. The molecule has 0 unspecified atom stereocenters. The summed E-state index contributed by atoms with van der Waals surface area (Å²) in [4.78, 5) is 0. The van der Waals surface area contributed by atoms with E-state index in [4.69, 9.17) is 0 Å². The lowest BCUT2D eigenvalue weighted by Gasteiger charge is -2.08. The third-order valence-corrected chi connectivity index (χ3v) is 2.81. The normalized spacial score (nSPS) is 27.5. The monoisotopic (exact) mass is 156 g/mol. The fourth-order valence-corrected chi connectivity index (χ4v) is 1.64. The Labute approximate surface area is 51.5 Å². The maximum atomic E-state index is 10.3. The summed E-state index contributed by atoms with van der Waals surface area (Å²) < 4.78 is 29.4. The molecular weight excluding hydrogens is 152 g/mol. The molecule has 8 heavy (non-hydrogen) atoms. The molecule has 0 aromatic carbocycles. The molecule has 4 nitrogen and oxygen atoms in total. The van der Waals surface area contributed by atoms with Crippen LogP contribution < -0.4 is 0 Å². The van der Waals surface area contributed by atoms with Gasteiger partial charge in [0.25, 0.3) is 10.1 Å². The standard InChI is InChI=1S/C2H4O4S2/c3-8(4)2-7-5-1-6-8/h1-2H2. The fraction of sp³-hybridized carbons (Fsp3) is 1.00. The fourth-order valence-electron chi connectivity index (χ4n) is 0.254. The minimum absolute atomic E-state index is 0.104. The van der Waals surface area contributed by atoms with Gasteiger partial charge in [-0.05, 0) is 0 Å². The lowest BCUT2D eigenvalue weighted by molar-refractivity contribution is 0.143. The summed E-state index contributed by atoms with van der Waals surface area (Å²) in [6.45, 7) is -0.160. The summed E-state index contributed by atoms with van der Waals surface area (Å²) in [6, 6.07) is 0. The Morgan fingerprint density at radius 3 is 2.50 bits per heavy atom. The van der Waals surface area contributed by atoms with E-state index in [-0.39, 0.29) is 11.9 Å². The third kappa shape index (κ3) is 1.62. The average Bonchev–Trinajstić information content (AvgIpc) is 1.65. The Bertz CT molecular complexity index is 147. The van der Waals surface area contributed by atoms with Crippen molar-refractivity contribution in [1.29, 1.82) is 0 Å². The summed E-state index contributed by atoms with van der Waals surface area (Å²) in [5.41, 5.74) is 0. The van der Waals surface area contributed by atoms with E-state index in [2.05, 4.69) is 8.37 Å². The summed E-state index contributed by atoms with van der Waals surface area (Å²) in [7, 11) is -3.24. The minimum atomic E-state index is -3.24. The lowest BCUT2D eigenvalue weighted by Crippen LogP contribution is -2.15. The van der Waals surface area contributed by atoms with Crippen LogP contribution in [0.15, 0.2) is 0 Å². The van der Waals surface area contributed by atoms with Crippen LogP contribution in [0.25, 0.3) is 0 Å². The Hall–Kier alpha value is 0.220. The molecular formula is C2H4O4S2. The van der Waals surface area contributed by atoms with Crippen molar-refractivity contribution >= 4 is 22.2 Å². The van der Waals surface area contributed by atoms with Gasteiger partial charge in [0, 0.05) is 12.0 Å². The van der Waals surface area contributed by atoms with Crippen LogP contribution in [0.5, 0.6) is 0 Å². The van der Waals surface area contributed by atoms with Crippen molar-refractivity contribution in [2.45, 2.75) is 0 Å². The molecule has 0 radical (unpaired) electrons. The van der Waals surface area contributed by atoms with Crippen LogP contribution in [-0.2, 0) is 18.5 Å². The Morgan fingerprint density at radius 1 is 1.50 bits per heavy atom. The van der Waals surface area contributed by atoms with Gasteiger partial charge in [0.2, 0.25) is 0 Å². The van der Waals surface area contributed by atoms with Crippen LogP contribution in [0.2, 0.25) is 0 Å². The molecule has 1 aliphatic heterocycles. The highest BCUT2D eigenvalue weighted by Crippen LogP contribution is 2.14. The Morgan fingerprint density at radius 2 is 2.25 bits per heavy atom. The maximum Gasteiger partial charge on any atom is 0.281 e. The summed E-state index contributed by atoms with van der Waals surface area (Å²) in [6.07, 6.45) is 0. The second-order valence-electron chi connectivity index (χ2n) is 1.15. The molecule has 48 valence electrons. The topological polar surface area (TPSA) is 52.6 Å². The molecule has 6 heteroatoms. The molecule has 0 aliphatic carbocycles. The number of rotatable bonds is 0. The largest absolute Gasteiger partial charge is 0.285 e. The van der Waals surface area contributed by atoms with Gasteiger partial charge in [0.15, 0.2) is 6.79 Å². The molecule has 1 saturated heterocycles. The Balaban J connectivity index is 2.58. The zero-order valence-corrected chi connectivity index (χ0v) is 5.50. The van der Waals surface area contributed by atoms with Crippen LogP contribution >= 0.6 is 12.0 Å². The van der Waals surface area contributed by atoms with Gasteiger partial charge in [0.1, 0.15) is 5.08 Å². The van der Waals surface area contributed by atoms with Gasteiger partial charge in [0.05, 0.1) is 0 Å². The van der Waals surface area contributed by atoms with Crippen molar-refractivity contribution in [2.24, 2.45) is 0 Å². The predicted molar refractivity (Wildman–Crippen MR) is 28.4 cm³/mol. The highest BCUT2D eigenvalue weighted by Gasteiger charge is 2.16. The van der Waals surface area contributed by atoms with E-state index in [1.165, 1.54) is 0 Å².